The van der Waals surface area contributed by atoms with Crippen LogP contribution in [0, 0.1) is 0 Å². The maximum absolute atomic E-state index is 2.30. The highest BCUT2D eigenvalue weighted by Crippen LogP contribution is 2.07. The summed E-state index contributed by atoms with van der Waals surface area (Å²) in [6, 6.07) is 0. The molecule has 0 saturated carbocycles. The van der Waals surface area contributed by atoms with Gasteiger partial charge in [0.2, 0.25) is 0 Å². The molecular formula is C15H26. The van der Waals surface area contributed by atoms with E-state index >= 15 is 0 Å². The van der Waals surface area contributed by atoms with Crippen molar-refractivity contribution in [3.05, 3.63) is 35.5 Å². The molecule has 0 fully saturated rings. The summed E-state index contributed by atoms with van der Waals surface area (Å²) in [5.41, 5.74) is 2.89. The molecule has 0 aromatic rings. The second-order valence-electron chi connectivity index (χ2n) is 4.40. The van der Waals surface area contributed by atoms with Crippen LogP contribution < -0.4 is 0 Å². The number of unbranched alkanes of at least 4 members (excludes halogenated alkanes) is 2. The lowest BCUT2D eigenvalue weighted by Gasteiger charge is -1.96. The van der Waals surface area contributed by atoms with Crippen LogP contribution in [0.4, 0.5) is 0 Å². The van der Waals surface area contributed by atoms with Gasteiger partial charge >= 0.3 is 0 Å². The van der Waals surface area contributed by atoms with Gasteiger partial charge in [0, 0.05) is 0 Å². The molecule has 0 aliphatic carbocycles. The Labute approximate surface area is 95.8 Å². The lowest BCUT2D eigenvalue weighted by atomic mass is 10.1. The number of hydrogen-bond donors (Lipinski definition) is 0. The summed E-state index contributed by atoms with van der Waals surface area (Å²) in [6.07, 6.45) is 15.2. The van der Waals surface area contributed by atoms with Crippen LogP contribution in [-0.4, -0.2) is 0 Å². The Morgan fingerprint density at radius 2 is 1.80 bits per heavy atom. The summed E-state index contributed by atoms with van der Waals surface area (Å²) < 4.78 is 0. The van der Waals surface area contributed by atoms with Gasteiger partial charge in [0.1, 0.15) is 0 Å². The predicted molar refractivity (Wildman–Crippen MR) is 71.1 cm³/mol. The summed E-state index contributed by atoms with van der Waals surface area (Å²) in [7, 11) is 0. The first-order chi connectivity index (χ1) is 7.16. The molecule has 0 heteroatoms. The van der Waals surface area contributed by atoms with Gasteiger partial charge in [-0.15, -0.1) is 0 Å². The van der Waals surface area contributed by atoms with E-state index in [0.717, 1.165) is 0 Å². The van der Waals surface area contributed by atoms with Gasteiger partial charge < -0.3 is 0 Å². The van der Waals surface area contributed by atoms with Crippen molar-refractivity contribution in [1.29, 1.82) is 0 Å². The van der Waals surface area contributed by atoms with Gasteiger partial charge in [-0.2, -0.15) is 0 Å². The standard InChI is InChI=1S/C15H26/c1-5-6-7-8-9-12-15(4)13-10-11-14(2)3/h8-9,11-12H,5-7,10,13H2,1-4H3. The van der Waals surface area contributed by atoms with E-state index in [1.54, 1.807) is 0 Å². The average Bonchev–Trinajstić information content (AvgIpc) is 2.17. The minimum absolute atomic E-state index is 1.17. The molecule has 0 aliphatic heterocycles. The third-order valence-corrected chi connectivity index (χ3v) is 2.33. The van der Waals surface area contributed by atoms with E-state index in [0.29, 0.717) is 0 Å². The van der Waals surface area contributed by atoms with E-state index in [2.05, 4.69) is 52.0 Å². The molecule has 86 valence electrons. The molecule has 0 aromatic heterocycles. The molecule has 0 saturated heterocycles. The smallest absolute Gasteiger partial charge is 0.0285 e. The van der Waals surface area contributed by atoms with Gasteiger partial charge in [-0.05, 0) is 40.0 Å². The summed E-state index contributed by atoms with van der Waals surface area (Å²) in [6.45, 7) is 8.75. The third kappa shape index (κ3) is 11.1. The first-order valence-corrected chi connectivity index (χ1v) is 6.12. The van der Waals surface area contributed by atoms with Gasteiger partial charge in [0.15, 0.2) is 0 Å². The first kappa shape index (κ1) is 14.2. The number of rotatable bonds is 7. The largest absolute Gasteiger partial charge is 0.0856 e. The van der Waals surface area contributed by atoms with E-state index < -0.39 is 0 Å². The number of hydrogen-bond acceptors (Lipinski definition) is 0. The molecule has 15 heavy (non-hydrogen) atoms. The zero-order chi connectivity index (χ0) is 11.5. The number of allylic oxidation sites excluding steroid dienone is 6. The second-order valence-corrected chi connectivity index (χ2v) is 4.40. The lowest BCUT2D eigenvalue weighted by Crippen LogP contribution is -1.76. The van der Waals surface area contributed by atoms with E-state index in [-0.39, 0.29) is 0 Å². The van der Waals surface area contributed by atoms with Crippen LogP contribution in [0.25, 0.3) is 0 Å². The van der Waals surface area contributed by atoms with Gasteiger partial charge in [-0.1, -0.05) is 55.2 Å². The molecule has 0 rings (SSSR count). The van der Waals surface area contributed by atoms with Crippen LogP contribution in [0.15, 0.2) is 35.5 Å². The minimum atomic E-state index is 1.17. The Morgan fingerprint density at radius 3 is 2.40 bits per heavy atom. The maximum Gasteiger partial charge on any atom is -0.0285 e. The lowest BCUT2D eigenvalue weighted by molar-refractivity contribution is 0.814. The fourth-order valence-corrected chi connectivity index (χ4v) is 1.32. The molecule has 0 N–H and O–H groups in total. The Hall–Kier alpha value is -0.780. The zero-order valence-corrected chi connectivity index (χ0v) is 10.8. The average molecular weight is 206 g/mol. The highest BCUT2D eigenvalue weighted by molar-refractivity contribution is 5.11. The van der Waals surface area contributed by atoms with Crippen molar-refractivity contribution < 1.29 is 0 Å². The van der Waals surface area contributed by atoms with Crippen LogP contribution >= 0.6 is 0 Å². The summed E-state index contributed by atoms with van der Waals surface area (Å²) in [5, 5.41) is 0. The van der Waals surface area contributed by atoms with Crippen molar-refractivity contribution >= 4 is 0 Å². The summed E-state index contributed by atoms with van der Waals surface area (Å²) in [4.78, 5) is 0. The quantitative estimate of drug-likeness (QED) is 0.296. The minimum Gasteiger partial charge on any atom is -0.0856 e. The van der Waals surface area contributed by atoms with Gasteiger partial charge in [-0.25, -0.2) is 0 Å². The van der Waals surface area contributed by atoms with Crippen LogP contribution in [-0.2, 0) is 0 Å². The third-order valence-electron chi connectivity index (χ3n) is 2.33. The first-order valence-electron chi connectivity index (χ1n) is 6.12. The molecule has 0 nitrogen and oxygen atoms in total. The predicted octanol–water partition coefficient (Wildman–Crippen LogP) is 5.43. The molecule has 0 aromatic carbocycles. The molecule has 0 aliphatic rings. The zero-order valence-electron chi connectivity index (χ0n) is 10.8. The highest BCUT2D eigenvalue weighted by Gasteiger charge is 1.86. The van der Waals surface area contributed by atoms with E-state index in [4.69, 9.17) is 0 Å². The van der Waals surface area contributed by atoms with Crippen molar-refractivity contribution in [2.45, 2.75) is 59.8 Å². The molecule has 0 spiro atoms. The Bertz CT molecular complexity index is 224. The van der Waals surface area contributed by atoms with Gasteiger partial charge in [-0.3, -0.25) is 0 Å². The van der Waals surface area contributed by atoms with Crippen molar-refractivity contribution in [2.75, 3.05) is 0 Å². The monoisotopic (exact) mass is 206 g/mol. The Balaban J connectivity index is 3.69. The van der Waals surface area contributed by atoms with Crippen LogP contribution in [0.5, 0.6) is 0 Å². The molecule has 0 amide bonds. The highest BCUT2D eigenvalue weighted by atomic mass is 13.9. The normalized spacial score (nSPS) is 12.1. The van der Waals surface area contributed by atoms with Crippen molar-refractivity contribution in [3.63, 3.8) is 0 Å². The Kier molecular flexibility index (Phi) is 9.26. The van der Waals surface area contributed by atoms with Crippen LogP contribution in [0.1, 0.15) is 59.8 Å². The molecule has 0 heterocycles. The van der Waals surface area contributed by atoms with Gasteiger partial charge in [0.05, 0.1) is 0 Å². The van der Waals surface area contributed by atoms with Crippen molar-refractivity contribution in [1.82, 2.24) is 0 Å². The Morgan fingerprint density at radius 1 is 1.07 bits per heavy atom. The summed E-state index contributed by atoms with van der Waals surface area (Å²) in [5.74, 6) is 0. The van der Waals surface area contributed by atoms with E-state index in [9.17, 15) is 0 Å². The fraction of sp³-hybridized carbons (Fsp3) is 0.600. The molecular weight excluding hydrogens is 180 g/mol. The fourth-order valence-electron chi connectivity index (χ4n) is 1.32. The van der Waals surface area contributed by atoms with Crippen molar-refractivity contribution in [2.24, 2.45) is 0 Å². The topological polar surface area (TPSA) is 0 Å². The van der Waals surface area contributed by atoms with E-state index in [1.807, 2.05) is 0 Å². The maximum atomic E-state index is 2.30. The van der Waals surface area contributed by atoms with E-state index in [1.165, 1.54) is 43.3 Å². The molecule has 0 unspecified atom stereocenters. The molecule has 0 radical (unpaired) electrons. The van der Waals surface area contributed by atoms with Crippen molar-refractivity contribution in [3.8, 4) is 0 Å². The van der Waals surface area contributed by atoms with Crippen LogP contribution in [0.2, 0.25) is 0 Å². The van der Waals surface area contributed by atoms with Gasteiger partial charge in [0.25, 0.3) is 0 Å². The molecule has 0 bridgehead atoms. The molecule has 0 atom stereocenters. The van der Waals surface area contributed by atoms with Crippen LogP contribution in [0.3, 0.4) is 0 Å². The SMILES string of the molecule is CCCCC=CC=C(C)CCC=C(C)C. The second kappa shape index (κ2) is 9.76. The summed E-state index contributed by atoms with van der Waals surface area (Å²) >= 11 is 0.